The van der Waals surface area contributed by atoms with Gasteiger partial charge in [0.15, 0.2) is 11.6 Å². The van der Waals surface area contributed by atoms with Gasteiger partial charge in [0.2, 0.25) is 0 Å². The van der Waals surface area contributed by atoms with E-state index in [0.29, 0.717) is 55.6 Å². The van der Waals surface area contributed by atoms with Crippen LogP contribution in [0.5, 0.6) is 11.5 Å². The number of Topliss-reactive ketones (excluding diaryl/α,β-unsaturated/α-hetero) is 2. The predicted molar refractivity (Wildman–Crippen MR) is 138 cm³/mol. The first kappa shape index (κ1) is 27.2. The molecule has 1 aliphatic carbocycles. The first-order chi connectivity index (χ1) is 17.3. The highest BCUT2D eigenvalue weighted by atomic mass is 19.1. The molecule has 2 unspecified atom stereocenters. The number of aliphatic hydroxyl groups is 2. The standard InChI is InChI=1S/C30H35FO5/c1-4-7-23(26(32)8-5-2)29(34)28(27(33)9-6-3)30(35)25-18-24(25)19-10-14-21(15-11-19)36-22-16-12-20(31)13-17-22/h10-17,24-25,32,34H,4-9,18H2,1-3H3/b26-23+,29-28-. The fourth-order valence-electron chi connectivity index (χ4n) is 4.39. The summed E-state index contributed by atoms with van der Waals surface area (Å²) < 4.78 is 18.8. The van der Waals surface area contributed by atoms with Gasteiger partial charge in [-0.2, -0.15) is 0 Å². The van der Waals surface area contributed by atoms with Crippen molar-refractivity contribution in [1.82, 2.24) is 0 Å². The molecule has 0 heterocycles. The van der Waals surface area contributed by atoms with Gasteiger partial charge in [-0.05, 0) is 73.6 Å². The molecule has 1 fully saturated rings. The van der Waals surface area contributed by atoms with E-state index in [2.05, 4.69) is 0 Å². The van der Waals surface area contributed by atoms with Crippen molar-refractivity contribution < 1.29 is 28.9 Å². The summed E-state index contributed by atoms with van der Waals surface area (Å²) in [5, 5.41) is 21.6. The monoisotopic (exact) mass is 494 g/mol. The summed E-state index contributed by atoms with van der Waals surface area (Å²) >= 11 is 0. The molecule has 1 saturated carbocycles. The third-order valence-corrected chi connectivity index (χ3v) is 6.34. The molecule has 5 nitrogen and oxygen atoms in total. The number of aliphatic hydroxyl groups excluding tert-OH is 2. The maximum atomic E-state index is 13.5. The smallest absolute Gasteiger partial charge is 0.173 e. The molecule has 36 heavy (non-hydrogen) atoms. The number of halogens is 1. The van der Waals surface area contributed by atoms with Gasteiger partial charge >= 0.3 is 0 Å². The molecule has 2 atom stereocenters. The van der Waals surface area contributed by atoms with Crippen molar-refractivity contribution in [3.8, 4) is 11.5 Å². The van der Waals surface area contributed by atoms with Crippen molar-refractivity contribution in [1.29, 1.82) is 0 Å². The molecular formula is C30H35FO5. The molecule has 3 rings (SSSR count). The van der Waals surface area contributed by atoms with Gasteiger partial charge in [-0.1, -0.05) is 39.3 Å². The Morgan fingerprint density at radius 1 is 0.861 bits per heavy atom. The van der Waals surface area contributed by atoms with E-state index in [0.717, 1.165) is 5.56 Å². The highest BCUT2D eigenvalue weighted by molar-refractivity contribution is 6.22. The summed E-state index contributed by atoms with van der Waals surface area (Å²) in [5.41, 5.74) is 1.07. The summed E-state index contributed by atoms with van der Waals surface area (Å²) in [6.45, 7) is 5.69. The van der Waals surface area contributed by atoms with Gasteiger partial charge in [-0.3, -0.25) is 9.59 Å². The first-order valence-corrected chi connectivity index (χ1v) is 12.8. The maximum Gasteiger partial charge on any atom is 0.173 e. The highest BCUT2D eigenvalue weighted by Crippen LogP contribution is 2.50. The topological polar surface area (TPSA) is 83.8 Å². The zero-order valence-corrected chi connectivity index (χ0v) is 21.2. The Morgan fingerprint density at radius 2 is 1.42 bits per heavy atom. The summed E-state index contributed by atoms with van der Waals surface area (Å²) in [7, 11) is 0. The van der Waals surface area contributed by atoms with Crippen LogP contribution in [0.2, 0.25) is 0 Å². The molecule has 192 valence electrons. The number of hydrogen-bond acceptors (Lipinski definition) is 5. The van der Waals surface area contributed by atoms with E-state index >= 15 is 0 Å². The minimum absolute atomic E-state index is 0.0375. The molecule has 0 spiro atoms. The lowest BCUT2D eigenvalue weighted by molar-refractivity contribution is -0.122. The molecule has 6 heteroatoms. The lowest BCUT2D eigenvalue weighted by atomic mass is 9.92. The van der Waals surface area contributed by atoms with E-state index in [-0.39, 0.29) is 46.8 Å². The van der Waals surface area contributed by atoms with Crippen LogP contribution < -0.4 is 4.74 Å². The fraction of sp³-hybridized carbons (Fsp3) is 0.400. The van der Waals surface area contributed by atoms with Crippen molar-refractivity contribution in [3.05, 3.63) is 82.6 Å². The number of ketones is 2. The van der Waals surface area contributed by atoms with E-state index in [1.165, 1.54) is 12.1 Å². The number of rotatable bonds is 13. The normalized spacial score (nSPS) is 18.2. The van der Waals surface area contributed by atoms with Crippen LogP contribution in [0.1, 0.15) is 77.2 Å². The van der Waals surface area contributed by atoms with Crippen molar-refractivity contribution >= 4 is 11.6 Å². The quantitative estimate of drug-likeness (QED) is 0.0972. The Balaban J connectivity index is 1.81. The van der Waals surface area contributed by atoms with E-state index in [9.17, 15) is 24.2 Å². The van der Waals surface area contributed by atoms with Crippen LogP contribution in [-0.2, 0) is 9.59 Å². The Hall–Kier alpha value is -3.41. The van der Waals surface area contributed by atoms with Crippen LogP contribution in [0.3, 0.4) is 0 Å². The molecule has 0 amide bonds. The van der Waals surface area contributed by atoms with Gasteiger partial charge < -0.3 is 14.9 Å². The van der Waals surface area contributed by atoms with Gasteiger partial charge in [-0.25, -0.2) is 4.39 Å². The Morgan fingerprint density at radius 3 is 1.97 bits per heavy atom. The van der Waals surface area contributed by atoms with Crippen LogP contribution in [-0.4, -0.2) is 21.8 Å². The van der Waals surface area contributed by atoms with E-state index in [1.807, 2.05) is 32.9 Å². The number of hydrogen-bond donors (Lipinski definition) is 2. The summed E-state index contributed by atoms with van der Waals surface area (Å²) in [6, 6.07) is 13.1. The average molecular weight is 495 g/mol. The number of ether oxygens (including phenoxy) is 1. The largest absolute Gasteiger partial charge is 0.512 e. The molecule has 1 aliphatic rings. The Kier molecular flexibility index (Phi) is 9.45. The second kappa shape index (κ2) is 12.5. The molecule has 0 saturated heterocycles. The van der Waals surface area contributed by atoms with Gasteiger partial charge in [-0.15, -0.1) is 0 Å². The molecule has 2 aromatic carbocycles. The highest BCUT2D eigenvalue weighted by Gasteiger charge is 2.46. The number of allylic oxidation sites excluding steroid dienone is 3. The van der Waals surface area contributed by atoms with Crippen molar-refractivity contribution in [2.24, 2.45) is 5.92 Å². The van der Waals surface area contributed by atoms with Crippen LogP contribution >= 0.6 is 0 Å². The predicted octanol–water partition coefficient (Wildman–Crippen LogP) is 7.88. The van der Waals surface area contributed by atoms with Gasteiger partial charge in [0.05, 0.1) is 5.76 Å². The zero-order valence-electron chi connectivity index (χ0n) is 21.2. The van der Waals surface area contributed by atoms with Crippen molar-refractivity contribution in [2.75, 3.05) is 0 Å². The second-order valence-corrected chi connectivity index (χ2v) is 9.26. The van der Waals surface area contributed by atoms with Crippen molar-refractivity contribution in [2.45, 2.75) is 71.6 Å². The molecule has 2 N–H and O–H groups in total. The van der Waals surface area contributed by atoms with Crippen LogP contribution in [0, 0.1) is 11.7 Å². The molecule has 0 aromatic heterocycles. The average Bonchev–Trinajstić information content (AvgIpc) is 3.66. The minimum Gasteiger partial charge on any atom is -0.512 e. The molecular weight excluding hydrogens is 459 g/mol. The summed E-state index contributed by atoms with van der Waals surface area (Å²) in [4.78, 5) is 26.4. The Bertz CT molecular complexity index is 1130. The second-order valence-electron chi connectivity index (χ2n) is 9.26. The van der Waals surface area contributed by atoms with Crippen LogP contribution in [0.15, 0.2) is 71.2 Å². The van der Waals surface area contributed by atoms with Crippen LogP contribution in [0.4, 0.5) is 4.39 Å². The fourth-order valence-corrected chi connectivity index (χ4v) is 4.39. The molecule has 0 radical (unpaired) electrons. The lowest BCUT2D eigenvalue weighted by Gasteiger charge is -2.14. The van der Waals surface area contributed by atoms with Gasteiger partial charge in [0.25, 0.3) is 0 Å². The van der Waals surface area contributed by atoms with Crippen molar-refractivity contribution in [3.63, 3.8) is 0 Å². The minimum atomic E-state index is -0.400. The SMILES string of the molecule is CCCC(=O)/C(C(=O)C1CC1c1ccc(Oc2ccc(F)cc2)cc1)=C(O)\C(CCC)=C(\O)CCC. The Labute approximate surface area is 212 Å². The van der Waals surface area contributed by atoms with E-state index in [4.69, 9.17) is 4.74 Å². The summed E-state index contributed by atoms with van der Waals surface area (Å²) in [5.74, 6) is -0.753. The molecule has 0 aliphatic heterocycles. The number of carbonyl (C=O) groups excluding carboxylic acids is 2. The third kappa shape index (κ3) is 6.62. The molecule has 2 aromatic rings. The van der Waals surface area contributed by atoms with Gasteiger partial charge in [0.1, 0.15) is 28.6 Å². The van der Waals surface area contributed by atoms with Crippen LogP contribution in [0.25, 0.3) is 0 Å². The number of benzene rings is 2. The number of carbonyl (C=O) groups is 2. The van der Waals surface area contributed by atoms with E-state index < -0.39 is 5.92 Å². The maximum absolute atomic E-state index is 13.5. The molecule has 0 bridgehead atoms. The summed E-state index contributed by atoms with van der Waals surface area (Å²) in [6.07, 6.45) is 3.41. The zero-order chi connectivity index (χ0) is 26.2. The third-order valence-electron chi connectivity index (χ3n) is 6.34. The van der Waals surface area contributed by atoms with Gasteiger partial charge in [0, 0.05) is 24.3 Å². The van der Waals surface area contributed by atoms with E-state index in [1.54, 1.807) is 24.3 Å². The first-order valence-electron chi connectivity index (χ1n) is 12.8. The lowest BCUT2D eigenvalue weighted by Crippen LogP contribution is -2.19.